The molecule has 0 aliphatic heterocycles. The van der Waals surface area contributed by atoms with Crippen molar-refractivity contribution < 1.29 is 4.52 Å². The van der Waals surface area contributed by atoms with Gasteiger partial charge in [-0.2, -0.15) is 0 Å². The van der Waals surface area contributed by atoms with Crippen molar-refractivity contribution in [2.45, 2.75) is 0 Å². The van der Waals surface area contributed by atoms with Crippen LogP contribution in [-0.2, 0) is 0 Å². The van der Waals surface area contributed by atoms with Crippen LogP contribution in [-0.4, -0.2) is 10.1 Å². The third-order valence-corrected chi connectivity index (χ3v) is 2.95. The number of thiazole rings is 1. The van der Waals surface area contributed by atoms with Gasteiger partial charge in [0.15, 0.2) is 10.8 Å². The van der Waals surface area contributed by atoms with Crippen LogP contribution in [0.5, 0.6) is 0 Å². The van der Waals surface area contributed by atoms with Gasteiger partial charge < -0.3 is 4.52 Å². The lowest BCUT2D eigenvalue weighted by Gasteiger charge is -1.88. The van der Waals surface area contributed by atoms with Crippen LogP contribution in [0.4, 0.5) is 0 Å². The summed E-state index contributed by atoms with van der Waals surface area (Å²) in [7, 11) is 0. The van der Waals surface area contributed by atoms with Gasteiger partial charge in [0.1, 0.15) is 5.69 Å². The van der Waals surface area contributed by atoms with Gasteiger partial charge >= 0.3 is 0 Å². The minimum absolute atomic E-state index is 0.678. The highest BCUT2D eigenvalue weighted by molar-refractivity contribution is 7.13. The molecule has 0 saturated carbocycles. The molecule has 0 atom stereocenters. The molecule has 0 fully saturated rings. The van der Waals surface area contributed by atoms with Crippen molar-refractivity contribution in [3.05, 3.63) is 66.4 Å². The molecule has 0 unspecified atom stereocenters. The van der Waals surface area contributed by atoms with Crippen LogP contribution in [0.15, 0.2) is 65.2 Å². The smallest absolute Gasteiger partial charge is 0.196 e. The van der Waals surface area contributed by atoms with Crippen LogP contribution < -0.4 is 0 Å². The predicted octanol–water partition coefficient (Wildman–Crippen LogP) is 4.11. The Balaban J connectivity index is 2.16. The van der Waals surface area contributed by atoms with Crippen LogP contribution in [0.1, 0.15) is 5.69 Å². The van der Waals surface area contributed by atoms with Crippen molar-refractivity contribution in [3.8, 4) is 10.8 Å². The molecule has 2 heterocycles. The van der Waals surface area contributed by atoms with Gasteiger partial charge in [-0.3, -0.25) is 0 Å². The zero-order valence-corrected chi connectivity index (χ0v) is 10.6. The molecular formula is C14H12N2OS. The Morgan fingerprint density at radius 3 is 2.94 bits per heavy atom. The molecule has 3 nitrogen and oxygen atoms in total. The molecule has 0 aliphatic rings. The zero-order valence-electron chi connectivity index (χ0n) is 9.74. The van der Waals surface area contributed by atoms with E-state index in [4.69, 9.17) is 4.52 Å². The van der Waals surface area contributed by atoms with Gasteiger partial charge in [-0.1, -0.05) is 42.6 Å². The number of rotatable bonds is 5. The van der Waals surface area contributed by atoms with E-state index in [-0.39, 0.29) is 0 Å². The van der Waals surface area contributed by atoms with Crippen molar-refractivity contribution in [1.82, 2.24) is 10.1 Å². The first kappa shape index (κ1) is 12.3. The van der Waals surface area contributed by atoms with Gasteiger partial charge in [-0.25, -0.2) is 4.98 Å². The predicted molar refractivity (Wildman–Crippen MR) is 75.1 cm³/mol. The number of hydrogen-bond donors (Lipinski definition) is 0. The molecule has 0 spiro atoms. The molecule has 18 heavy (non-hydrogen) atoms. The van der Waals surface area contributed by atoms with Crippen LogP contribution in [0.25, 0.3) is 16.8 Å². The van der Waals surface area contributed by atoms with Crippen LogP contribution in [0.2, 0.25) is 0 Å². The fourth-order valence-corrected chi connectivity index (χ4v) is 1.91. The summed E-state index contributed by atoms with van der Waals surface area (Å²) in [6.07, 6.45) is 10.8. The fourth-order valence-electron chi connectivity index (χ4n) is 1.32. The largest absolute Gasteiger partial charge is 0.353 e. The summed E-state index contributed by atoms with van der Waals surface area (Å²) >= 11 is 1.52. The topological polar surface area (TPSA) is 38.9 Å². The van der Waals surface area contributed by atoms with E-state index in [0.29, 0.717) is 5.76 Å². The van der Waals surface area contributed by atoms with Gasteiger partial charge in [-0.15, -0.1) is 11.3 Å². The average Bonchev–Trinajstić information content (AvgIpc) is 3.04. The number of aromatic nitrogens is 2. The normalized spacial score (nSPS) is 11.9. The Bertz CT molecular complexity index is 591. The average molecular weight is 256 g/mol. The minimum Gasteiger partial charge on any atom is -0.353 e. The van der Waals surface area contributed by atoms with E-state index in [1.54, 1.807) is 18.3 Å². The maximum atomic E-state index is 5.22. The molecule has 0 amide bonds. The molecule has 2 aromatic rings. The first-order valence-corrected chi connectivity index (χ1v) is 6.21. The summed E-state index contributed by atoms with van der Waals surface area (Å²) in [4.78, 5) is 4.16. The molecule has 0 aliphatic carbocycles. The quantitative estimate of drug-likeness (QED) is 0.756. The maximum absolute atomic E-state index is 5.22. The monoisotopic (exact) mass is 256 g/mol. The number of allylic oxidation sites excluding steroid dienone is 5. The highest BCUT2D eigenvalue weighted by Crippen LogP contribution is 2.22. The van der Waals surface area contributed by atoms with Crippen LogP contribution >= 0.6 is 11.3 Å². The second-order valence-corrected chi connectivity index (χ2v) is 4.29. The van der Waals surface area contributed by atoms with Gasteiger partial charge in [0, 0.05) is 17.6 Å². The van der Waals surface area contributed by atoms with E-state index in [1.807, 2.05) is 29.7 Å². The lowest BCUT2D eigenvalue weighted by Crippen LogP contribution is -1.71. The summed E-state index contributed by atoms with van der Waals surface area (Å²) in [5, 5.41) is 6.68. The summed E-state index contributed by atoms with van der Waals surface area (Å²) in [5.41, 5.74) is 1.71. The van der Waals surface area contributed by atoms with Gasteiger partial charge in [0.25, 0.3) is 0 Å². The molecule has 0 radical (unpaired) electrons. The molecule has 0 N–H and O–H groups in total. The highest BCUT2D eigenvalue weighted by Gasteiger charge is 2.06. The van der Waals surface area contributed by atoms with Gasteiger partial charge in [0.2, 0.25) is 0 Å². The molecule has 0 saturated heterocycles. The lowest BCUT2D eigenvalue weighted by atomic mass is 10.2. The molecule has 4 heteroatoms. The molecule has 2 aromatic heterocycles. The van der Waals surface area contributed by atoms with E-state index in [1.165, 1.54) is 11.3 Å². The van der Waals surface area contributed by atoms with E-state index in [2.05, 4.69) is 23.3 Å². The minimum atomic E-state index is 0.678. The lowest BCUT2D eigenvalue weighted by molar-refractivity contribution is 0.430. The van der Waals surface area contributed by atoms with Crippen molar-refractivity contribution in [3.63, 3.8) is 0 Å². The molecular weight excluding hydrogens is 244 g/mol. The first-order valence-electron chi connectivity index (χ1n) is 5.33. The SMILES string of the molecule is C=C/C=C(C=C)/C=C/c1cc(-c2nccs2)on1. The van der Waals surface area contributed by atoms with Gasteiger partial charge in [0.05, 0.1) is 0 Å². The molecule has 0 bridgehead atoms. The van der Waals surface area contributed by atoms with Crippen LogP contribution in [0.3, 0.4) is 0 Å². The standard InChI is InChI=1S/C14H12N2OS/c1-3-5-11(4-2)6-7-12-10-13(17-16-12)14-15-8-9-18-14/h3-10H,1-2H2/b7-6+,11-5+. The summed E-state index contributed by atoms with van der Waals surface area (Å²) in [5.74, 6) is 0.678. The van der Waals surface area contributed by atoms with Crippen LogP contribution in [0, 0.1) is 0 Å². The number of hydrogen-bond acceptors (Lipinski definition) is 4. The molecule has 90 valence electrons. The maximum Gasteiger partial charge on any atom is 0.196 e. The Morgan fingerprint density at radius 2 is 2.28 bits per heavy atom. The Morgan fingerprint density at radius 1 is 1.39 bits per heavy atom. The van der Waals surface area contributed by atoms with Crippen molar-refractivity contribution in [2.75, 3.05) is 0 Å². The summed E-state index contributed by atoms with van der Waals surface area (Å²) < 4.78 is 5.22. The Kier molecular flexibility index (Phi) is 4.04. The molecule has 2 rings (SSSR count). The summed E-state index contributed by atoms with van der Waals surface area (Å²) in [6.45, 7) is 7.36. The Labute approximate surface area is 109 Å². The summed E-state index contributed by atoms with van der Waals surface area (Å²) in [6, 6.07) is 1.85. The first-order chi connectivity index (χ1) is 8.83. The van der Waals surface area contributed by atoms with Gasteiger partial charge in [-0.05, 0) is 11.6 Å². The van der Waals surface area contributed by atoms with E-state index in [9.17, 15) is 0 Å². The van der Waals surface area contributed by atoms with E-state index >= 15 is 0 Å². The van der Waals surface area contributed by atoms with Crippen molar-refractivity contribution in [1.29, 1.82) is 0 Å². The van der Waals surface area contributed by atoms with E-state index < -0.39 is 0 Å². The van der Waals surface area contributed by atoms with Crippen molar-refractivity contribution >= 4 is 17.4 Å². The Hall–Kier alpha value is -2.20. The number of nitrogens with zero attached hydrogens (tertiary/aromatic N) is 2. The zero-order chi connectivity index (χ0) is 12.8. The second-order valence-electron chi connectivity index (χ2n) is 3.39. The molecule has 0 aromatic carbocycles. The van der Waals surface area contributed by atoms with E-state index in [0.717, 1.165) is 16.3 Å². The second kappa shape index (κ2) is 5.93. The fraction of sp³-hybridized carbons (Fsp3) is 0. The highest BCUT2D eigenvalue weighted by atomic mass is 32.1. The van der Waals surface area contributed by atoms with Crippen molar-refractivity contribution in [2.24, 2.45) is 0 Å². The third kappa shape index (κ3) is 2.93. The third-order valence-electron chi connectivity index (χ3n) is 2.16.